The van der Waals surface area contributed by atoms with Crippen molar-refractivity contribution in [2.24, 2.45) is 11.3 Å². The van der Waals surface area contributed by atoms with Crippen molar-refractivity contribution in [1.82, 2.24) is 0 Å². The normalized spacial score (nSPS) is 12.1. The van der Waals surface area contributed by atoms with Crippen molar-refractivity contribution in [2.75, 3.05) is 0 Å². The first-order valence-corrected chi connectivity index (χ1v) is 19.9. The molecule has 0 heteroatoms. The minimum atomic E-state index is 0.527. The smallest absolute Gasteiger partial charge is 0.00271 e. The molecule has 1 unspecified atom stereocenters. The van der Waals surface area contributed by atoms with E-state index in [1.54, 1.807) is 5.57 Å². The highest BCUT2D eigenvalue weighted by Gasteiger charge is 2.48. The van der Waals surface area contributed by atoms with E-state index in [0.29, 0.717) is 5.41 Å². The molecular formula is C53H96. The number of allylic oxidation sites excluding steroid dienone is 18. The Morgan fingerprint density at radius 2 is 0.528 bits per heavy atom. The Hall–Kier alpha value is -2.78. The highest BCUT2D eigenvalue weighted by atomic mass is 14.5. The third-order valence-corrected chi connectivity index (χ3v) is 10.4. The minimum absolute atomic E-state index is 0.527. The van der Waals surface area contributed by atoms with Gasteiger partial charge >= 0.3 is 0 Å². The summed E-state index contributed by atoms with van der Waals surface area (Å²) in [5, 5.41) is 0. The standard InChI is InChI=1S/3C10H18.C9H16.C6H12.C4H8.C4H6/c3*1-7(2)9(5)10(6)8(3)4;1-6(2)8-7(3)9(8,4)5;1-5(2)6(3)4;2*1-3-4-2/h3*1-6H3;7H,1-5H3;1-4H3;3-4H,1-2H3;1-2H3/b;;;;;4-3-;. The van der Waals surface area contributed by atoms with Crippen molar-refractivity contribution < 1.29 is 0 Å². The van der Waals surface area contributed by atoms with Gasteiger partial charge in [0.05, 0.1) is 0 Å². The van der Waals surface area contributed by atoms with Crippen molar-refractivity contribution in [1.29, 1.82) is 0 Å². The molecule has 1 rings (SSSR count). The van der Waals surface area contributed by atoms with Crippen LogP contribution in [0.5, 0.6) is 0 Å². The van der Waals surface area contributed by atoms with E-state index in [4.69, 9.17) is 0 Å². The zero-order valence-electron chi connectivity index (χ0n) is 42.2. The maximum atomic E-state index is 2.68. The van der Waals surface area contributed by atoms with E-state index in [2.05, 4.69) is 199 Å². The van der Waals surface area contributed by atoms with E-state index in [1.807, 2.05) is 39.8 Å². The number of hydrogen-bond acceptors (Lipinski definition) is 0. The molecule has 0 aromatic heterocycles. The molecule has 1 aliphatic rings. The molecular weight excluding hydrogens is 637 g/mol. The maximum Gasteiger partial charge on any atom is -0.00271 e. The lowest BCUT2D eigenvalue weighted by Gasteiger charge is -2.05. The van der Waals surface area contributed by atoms with Crippen LogP contribution in [-0.2, 0) is 0 Å². The topological polar surface area (TPSA) is 0 Å². The second-order valence-electron chi connectivity index (χ2n) is 16.8. The van der Waals surface area contributed by atoms with E-state index < -0.39 is 0 Å². The van der Waals surface area contributed by atoms with Gasteiger partial charge in [-0.15, -0.1) is 11.8 Å². The van der Waals surface area contributed by atoms with Crippen LogP contribution < -0.4 is 0 Å². The minimum Gasteiger partial charge on any atom is -0.107 e. The predicted molar refractivity (Wildman–Crippen MR) is 255 cm³/mol. The van der Waals surface area contributed by atoms with Gasteiger partial charge < -0.3 is 0 Å². The third-order valence-electron chi connectivity index (χ3n) is 10.4. The molecule has 0 nitrogen and oxygen atoms in total. The lowest BCUT2D eigenvalue weighted by molar-refractivity contribution is 0.595. The highest BCUT2D eigenvalue weighted by molar-refractivity contribution is 5.38. The van der Waals surface area contributed by atoms with Crippen LogP contribution in [0.25, 0.3) is 0 Å². The van der Waals surface area contributed by atoms with Gasteiger partial charge in [0.2, 0.25) is 0 Å². The van der Waals surface area contributed by atoms with E-state index in [0.717, 1.165) is 5.92 Å². The summed E-state index contributed by atoms with van der Waals surface area (Å²) in [6.45, 7) is 66.4. The summed E-state index contributed by atoms with van der Waals surface area (Å²) < 4.78 is 0. The largest absolute Gasteiger partial charge is 0.107 e. The second-order valence-corrected chi connectivity index (χ2v) is 16.8. The van der Waals surface area contributed by atoms with E-state index in [1.165, 1.54) is 83.6 Å². The van der Waals surface area contributed by atoms with Gasteiger partial charge in [0, 0.05) is 0 Å². The molecule has 1 fully saturated rings. The Bertz CT molecular complexity index is 1200. The van der Waals surface area contributed by atoms with E-state index >= 15 is 0 Å². The SMILES string of the molecule is C/C=C\C.CC#CC.CC(C)=C(C)C.CC(C)=C(C)C(C)=C(C)C.CC(C)=C(C)C(C)=C(C)C.CC(C)=C(C)C(C)=C(C)C.CC(C)=C1C(C)C1(C)C. The van der Waals surface area contributed by atoms with Crippen LogP contribution in [0.2, 0.25) is 0 Å². The molecule has 0 aromatic carbocycles. The Morgan fingerprint density at radius 3 is 0.547 bits per heavy atom. The summed E-state index contributed by atoms with van der Waals surface area (Å²) in [6, 6.07) is 0. The van der Waals surface area contributed by atoms with Crippen molar-refractivity contribution >= 4 is 0 Å². The fourth-order valence-electron chi connectivity index (χ4n) is 4.10. The average Bonchev–Trinajstić information content (AvgIpc) is 3.59. The van der Waals surface area contributed by atoms with Crippen molar-refractivity contribution in [2.45, 2.75) is 215 Å². The molecule has 0 aromatic rings. The van der Waals surface area contributed by atoms with Gasteiger partial charge in [-0.05, 0) is 239 Å². The zero-order valence-corrected chi connectivity index (χ0v) is 42.2. The van der Waals surface area contributed by atoms with Gasteiger partial charge in [-0.2, -0.15) is 0 Å². The fourth-order valence-corrected chi connectivity index (χ4v) is 4.10. The number of rotatable bonds is 3. The predicted octanol–water partition coefficient (Wildman–Crippen LogP) is 19.1. The average molecular weight is 733 g/mol. The van der Waals surface area contributed by atoms with E-state index in [9.17, 15) is 0 Å². The van der Waals surface area contributed by atoms with Crippen LogP contribution in [0.4, 0.5) is 0 Å². The lowest BCUT2D eigenvalue weighted by Crippen LogP contribution is -1.85. The molecule has 53 heavy (non-hydrogen) atoms. The first-order chi connectivity index (χ1) is 23.8. The van der Waals surface area contributed by atoms with Gasteiger partial charge in [-0.25, -0.2) is 0 Å². The summed E-state index contributed by atoms with van der Waals surface area (Å²) in [5.41, 5.74) is 23.6. The molecule has 0 bridgehead atoms. The maximum absolute atomic E-state index is 2.68. The Kier molecular flexibility index (Phi) is 39.6. The monoisotopic (exact) mass is 733 g/mol. The molecule has 0 saturated heterocycles. The van der Waals surface area contributed by atoms with Crippen LogP contribution >= 0.6 is 0 Å². The summed E-state index contributed by atoms with van der Waals surface area (Å²) in [6.07, 6.45) is 4.00. The van der Waals surface area contributed by atoms with Crippen LogP contribution in [0.1, 0.15) is 215 Å². The zero-order chi connectivity index (χ0) is 44.1. The molecule has 0 heterocycles. The Labute approximate surface area is 338 Å². The molecule has 0 amide bonds. The first-order valence-electron chi connectivity index (χ1n) is 19.9. The molecule has 1 saturated carbocycles. The van der Waals surface area contributed by atoms with Gasteiger partial charge in [0.15, 0.2) is 0 Å². The molecule has 0 radical (unpaired) electrons. The molecule has 1 aliphatic carbocycles. The first kappa shape index (κ1) is 62.2. The van der Waals surface area contributed by atoms with Crippen LogP contribution in [0.3, 0.4) is 0 Å². The highest BCUT2D eigenvalue weighted by Crippen LogP contribution is 2.58. The molecule has 1 atom stereocenters. The summed E-state index contributed by atoms with van der Waals surface area (Å²) in [5.74, 6) is 6.20. The van der Waals surface area contributed by atoms with Crippen molar-refractivity contribution in [3.63, 3.8) is 0 Å². The molecule has 0 aliphatic heterocycles. The van der Waals surface area contributed by atoms with E-state index in [-0.39, 0.29) is 0 Å². The van der Waals surface area contributed by atoms with Crippen molar-refractivity contribution in [3.05, 3.63) is 101 Å². The molecule has 0 spiro atoms. The summed E-state index contributed by atoms with van der Waals surface area (Å²) in [4.78, 5) is 0. The van der Waals surface area contributed by atoms with Gasteiger partial charge in [-0.3, -0.25) is 0 Å². The Morgan fingerprint density at radius 1 is 0.377 bits per heavy atom. The second kappa shape index (κ2) is 33.8. The lowest BCUT2D eigenvalue weighted by atomic mass is 10.0. The summed E-state index contributed by atoms with van der Waals surface area (Å²) >= 11 is 0. The molecule has 308 valence electrons. The quantitative estimate of drug-likeness (QED) is 0.154. The van der Waals surface area contributed by atoms with Crippen LogP contribution in [0.15, 0.2) is 101 Å². The third kappa shape index (κ3) is 33.5. The van der Waals surface area contributed by atoms with Gasteiger partial charge in [0.25, 0.3) is 0 Å². The Balaban J connectivity index is -0.000000125. The number of hydrogen-bond donors (Lipinski definition) is 0. The van der Waals surface area contributed by atoms with Gasteiger partial charge in [0.1, 0.15) is 0 Å². The van der Waals surface area contributed by atoms with Crippen LogP contribution in [-0.4, -0.2) is 0 Å². The van der Waals surface area contributed by atoms with Crippen molar-refractivity contribution in [3.8, 4) is 11.8 Å². The van der Waals surface area contributed by atoms with Crippen LogP contribution in [0, 0.1) is 23.2 Å². The van der Waals surface area contributed by atoms with Gasteiger partial charge in [-0.1, -0.05) is 88.7 Å². The molecule has 0 N–H and O–H groups in total. The fraction of sp³-hybridized carbons (Fsp3) is 0.623. The summed E-state index contributed by atoms with van der Waals surface area (Å²) in [7, 11) is 0.